The summed E-state index contributed by atoms with van der Waals surface area (Å²) in [6.07, 6.45) is -1.84. The van der Waals surface area contributed by atoms with Crippen molar-refractivity contribution >= 4 is 102 Å². The van der Waals surface area contributed by atoms with Gasteiger partial charge in [0.15, 0.2) is 0 Å². The van der Waals surface area contributed by atoms with Crippen molar-refractivity contribution in [2.75, 3.05) is 0 Å². The zero-order chi connectivity index (χ0) is 11.3. The smallest absolute Gasteiger partial charge is 0.573 e. The summed E-state index contributed by atoms with van der Waals surface area (Å²) in [6, 6.07) is 0. The molecule has 0 unspecified atom stereocenters. The van der Waals surface area contributed by atoms with E-state index in [0.29, 0.717) is 0 Å². The summed E-state index contributed by atoms with van der Waals surface area (Å²) in [4.78, 5) is 0. The largest absolute Gasteiger partial charge is 1.00 e. The third-order valence-corrected chi connectivity index (χ3v) is 6.94. The van der Waals surface area contributed by atoms with Crippen molar-refractivity contribution in [1.82, 2.24) is 0 Å². The Labute approximate surface area is 151 Å². The van der Waals surface area contributed by atoms with Gasteiger partial charge in [-0.1, -0.05) is 0 Å². The molecule has 47 valence electrons. The molecule has 0 aromatic carbocycles. The molecule has 0 saturated heterocycles. The Morgan fingerprint density at radius 3 is 1.53 bits per heavy atom. The molecule has 15 radical (unpaired) electrons. The van der Waals surface area contributed by atoms with Gasteiger partial charge in [0, 0.05) is 43.4 Å². The molecule has 0 aliphatic carbocycles. The Balaban J connectivity index is 0. The van der Waals surface area contributed by atoms with Crippen LogP contribution >= 0.6 is 15.5 Å². The van der Waals surface area contributed by atoms with Crippen molar-refractivity contribution in [3.8, 4) is 0 Å². The van der Waals surface area contributed by atoms with E-state index in [2.05, 4.69) is 0 Å². The van der Waals surface area contributed by atoms with Crippen molar-refractivity contribution < 1.29 is 51.4 Å². The van der Waals surface area contributed by atoms with E-state index in [1.807, 2.05) is 0 Å². The molecule has 0 fully saturated rings. The maximum atomic E-state index is 5.54. The molecule has 0 aromatic rings. The minimum atomic E-state index is -0.944. The molecule has 0 bridgehead atoms. The minimum absolute atomic E-state index is 0. The van der Waals surface area contributed by atoms with Crippen LogP contribution in [0.4, 0.5) is 0 Å². The van der Waals surface area contributed by atoms with E-state index in [1.54, 1.807) is 0 Å². The molecule has 0 spiro atoms. The summed E-state index contributed by atoms with van der Waals surface area (Å²) in [6.45, 7) is 0. The van der Waals surface area contributed by atoms with E-state index in [1.165, 1.54) is 7.06 Å². The molecule has 0 rings (SSSR count). The zero-order valence-corrected chi connectivity index (χ0v) is 13.7. The van der Waals surface area contributed by atoms with Crippen LogP contribution in [0, 0.1) is 0 Å². The van der Waals surface area contributed by atoms with Gasteiger partial charge in [-0.05, 0) is 36.7 Å². The van der Waals surface area contributed by atoms with Crippen LogP contribution in [0.25, 0.3) is 0 Å². The molecule has 0 saturated carbocycles. The molecule has 15 heavy (non-hydrogen) atoms. The number of rotatable bonds is 6. The minimum Gasteiger partial charge on any atom is -0.573 e. The second kappa shape index (κ2) is 11.1. The van der Waals surface area contributed by atoms with Crippen LogP contribution in [0.5, 0.6) is 0 Å². The van der Waals surface area contributed by atoms with E-state index in [-0.39, 0.29) is 57.6 Å². The summed E-state index contributed by atoms with van der Waals surface area (Å²) >= 11 is 0. The fourth-order valence-corrected chi connectivity index (χ4v) is 4.54. The summed E-state index contributed by atoms with van der Waals surface area (Å²) in [7, 11) is 39.9. The maximum absolute atomic E-state index is 5.54. The molecule has 0 nitrogen and oxygen atoms in total. The van der Waals surface area contributed by atoms with Gasteiger partial charge < -0.3 is 15.5 Å². The maximum Gasteiger partial charge on any atom is 1.00 e. The third-order valence-electron chi connectivity index (χ3n) is 1.47. The molecule has 0 aliphatic heterocycles. The van der Waals surface area contributed by atoms with Crippen molar-refractivity contribution in [3.05, 3.63) is 0 Å². The Morgan fingerprint density at radius 1 is 0.933 bits per heavy atom. The summed E-state index contributed by atoms with van der Waals surface area (Å²) in [5.74, 6) is 0. The van der Waals surface area contributed by atoms with Gasteiger partial charge in [0.1, 0.15) is 0 Å². The van der Waals surface area contributed by atoms with Crippen molar-refractivity contribution in [2.24, 2.45) is 0 Å². The molecule has 15 heteroatoms. The molecular formula is B12KP2. The molecular weight excluding hydrogens is 231 g/mol. The van der Waals surface area contributed by atoms with Crippen LogP contribution in [0.15, 0.2) is 0 Å². The standard InChI is InChI=1S/B12P2.K/c1-8-12(9(2)3)13-14(10(4)5)11(6)7;/q-1;+1. The van der Waals surface area contributed by atoms with E-state index >= 15 is 0 Å². The molecule has 0 amide bonds. The van der Waals surface area contributed by atoms with Crippen LogP contribution < -0.4 is 51.4 Å². The van der Waals surface area contributed by atoms with E-state index in [4.69, 9.17) is 54.2 Å². The molecule has 0 aromatic heterocycles. The SMILES string of the molecule is [B][B]B([P-]P(B([B])[B])B([B])[B])B([B])[B].[K+]. The fourth-order valence-electron chi connectivity index (χ4n) is 0.750. The summed E-state index contributed by atoms with van der Waals surface area (Å²) in [5, 5.41) is 0. The third kappa shape index (κ3) is 8.91. The Bertz CT molecular complexity index is 139. The average Bonchev–Trinajstić information content (AvgIpc) is 2.03. The first-order valence-electron chi connectivity index (χ1n) is 3.97. The number of hydrogen-bond donors (Lipinski definition) is 0. The molecule has 0 heterocycles. The second-order valence-electron chi connectivity index (χ2n) is 2.74. The van der Waals surface area contributed by atoms with Gasteiger partial charge >= 0.3 is 51.4 Å². The summed E-state index contributed by atoms with van der Waals surface area (Å²) in [5.41, 5.74) is 0. The monoisotopic (exact) mass is 233 g/mol. The van der Waals surface area contributed by atoms with Gasteiger partial charge in [-0.3, -0.25) is 0 Å². The Morgan fingerprint density at radius 2 is 1.33 bits per heavy atom. The van der Waals surface area contributed by atoms with E-state index in [9.17, 15) is 0 Å². The van der Waals surface area contributed by atoms with E-state index < -0.39 is 26.2 Å². The predicted octanol–water partition coefficient (Wildman–Crippen LogP) is -5.84. The fraction of sp³-hybridized carbons (Fsp3) is 0. The van der Waals surface area contributed by atoms with Crippen LogP contribution in [-0.2, 0) is 0 Å². The quantitative estimate of drug-likeness (QED) is 0.315. The average molecular weight is 231 g/mol. The summed E-state index contributed by atoms with van der Waals surface area (Å²) < 4.78 is 0. The Hall–Kier alpha value is 3.28. The first kappa shape index (κ1) is 20.6. The zero-order valence-electron chi connectivity index (χ0n) is 8.82. The van der Waals surface area contributed by atoms with Gasteiger partial charge in [0.05, 0.1) is 0 Å². The van der Waals surface area contributed by atoms with Crippen molar-refractivity contribution in [2.45, 2.75) is 0 Å². The van der Waals surface area contributed by atoms with Gasteiger partial charge in [0.2, 0.25) is 0 Å². The van der Waals surface area contributed by atoms with E-state index in [0.717, 1.165) is 8.15 Å². The Kier molecular flexibility index (Phi) is 15.3. The van der Waals surface area contributed by atoms with Crippen LogP contribution in [-0.4, -0.2) is 86.2 Å². The van der Waals surface area contributed by atoms with Crippen LogP contribution in [0.2, 0.25) is 0 Å². The number of hydrogen-bond acceptors (Lipinski definition) is 0. The predicted molar refractivity (Wildman–Crippen MR) is 82.9 cm³/mol. The molecule has 0 atom stereocenters. The second-order valence-corrected chi connectivity index (χ2v) is 7.60. The van der Waals surface area contributed by atoms with Crippen LogP contribution in [0.1, 0.15) is 0 Å². The molecule has 0 aliphatic rings. The normalized spacial score (nSPS) is 9.67. The van der Waals surface area contributed by atoms with Gasteiger partial charge in [-0.25, -0.2) is 0 Å². The van der Waals surface area contributed by atoms with Gasteiger partial charge in [0.25, 0.3) is 0 Å². The van der Waals surface area contributed by atoms with Gasteiger partial charge in [-0.15, -0.1) is 6.21 Å². The van der Waals surface area contributed by atoms with Crippen molar-refractivity contribution in [1.29, 1.82) is 0 Å². The topological polar surface area (TPSA) is 0 Å². The van der Waals surface area contributed by atoms with Crippen molar-refractivity contribution in [3.63, 3.8) is 0 Å². The molecule has 0 N–H and O–H groups in total. The first-order valence-corrected chi connectivity index (χ1v) is 7.12. The van der Waals surface area contributed by atoms with Crippen LogP contribution in [0.3, 0.4) is 0 Å². The van der Waals surface area contributed by atoms with Gasteiger partial charge in [-0.2, -0.15) is 0 Å². The first-order chi connectivity index (χ1) is 6.40.